The smallest absolute Gasteiger partial charge is 0.346 e. The van der Waals surface area contributed by atoms with E-state index in [4.69, 9.17) is 9.47 Å². The average molecular weight is 367 g/mol. The molecule has 1 heterocycles. The molecule has 6 heteroatoms. The number of anilines is 1. The molecule has 3 aromatic rings. The summed E-state index contributed by atoms with van der Waals surface area (Å²) in [6.07, 6.45) is 1.05. The summed E-state index contributed by atoms with van der Waals surface area (Å²) in [4.78, 5) is 15.5. The van der Waals surface area contributed by atoms with Crippen LogP contribution in [-0.2, 0) is 4.74 Å². The molecule has 0 saturated carbocycles. The number of H-pyrrole nitrogens is 1. The van der Waals surface area contributed by atoms with Crippen LogP contribution >= 0.6 is 0 Å². The number of pyridine rings is 1. The van der Waals surface area contributed by atoms with E-state index in [1.54, 1.807) is 20.0 Å². The maximum absolute atomic E-state index is 12.4. The number of ether oxygens (including phenoxy) is 2. The van der Waals surface area contributed by atoms with E-state index in [0.29, 0.717) is 23.5 Å². The molecule has 0 fully saturated rings. The largest absolute Gasteiger partial charge is 0.462 e. The van der Waals surface area contributed by atoms with Crippen molar-refractivity contribution in [3.8, 4) is 11.5 Å². The van der Waals surface area contributed by atoms with Crippen LogP contribution in [0.5, 0.6) is 11.5 Å². The van der Waals surface area contributed by atoms with Crippen molar-refractivity contribution in [2.45, 2.75) is 20.0 Å². The fourth-order valence-corrected chi connectivity index (χ4v) is 2.72. The first kappa shape index (κ1) is 18.7. The summed E-state index contributed by atoms with van der Waals surface area (Å²) in [5.41, 5.74) is 1.81. The van der Waals surface area contributed by atoms with Crippen molar-refractivity contribution in [3.63, 3.8) is 0 Å². The first-order valence-corrected chi connectivity index (χ1v) is 8.89. The Bertz CT molecular complexity index is 926. The minimum atomic E-state index is -0.567. The summed E-state index contributed by atoms with van der Waals surface area (Å²) in [5.74, 6) is 0.933. The van der Waals surface area contributed by atoms with Gasteiger partial charge in [-0.25, -0.2) is 9.78 Å². The predicted molar refractivity (Wildman–Crippen MR) is 103 cm³/mol. The van der Waals surface area contributed by atoms with Gasteiger partial charge in [-0.05, 0) is 38.1 Å². The van der Waals surface area contributed by atoms with E-state index in [-0.39, 0.29) is 6.61 Å². The topological polar surface area (TPSA) is 81.9 Å². The Labute approximate surface area is 157 Å². The van der Waals surface area contributed by atoms with Crippen molar-refractivity contribution in [2.24, 2.45) is 0 Å². The molecule has 0 aliphatic rings. The van der Waals surface area contributed by atoms with Crippen LogP contribution in [0.1, 0.15) is 24.2 Å². The first-order valence-electron chi connectivity index (χ1n) is 8.89. The number of aliphatic hydroxyl groups is 1. The number of aromatic nitrogens is 1. The van der Waals surface area contributed by atoms with Crippen molar-refractivity contribution in [2.75, 3.05) is 18.5 Å². The second-order valence-electron chi connectivity index (χ2n) is 6.15. The number of fused-ring (bicyclic) bond motifs is 1. The number of aromatic amines is 1. The molecule has 6 nitrogen and oxygen atoms in total. The van der Waals surface area contributed by atoms with Crippen molar-refractivity contribution in [1.29, 1.82) is 0 Å². The molecule has 0 amide bonds. The molecule has 27 heavy (non-hydrogen) atoms. The molecule has 0 aliphatic heterocycles. The van der Waals surface area contributed by atoms with Gasteiger partial charge in [-0.15, -0.1) is 0 Å². The van der Waals surface area contributed by atoms with E-state index in [1.807, 2.05) is 48.5 Å². The van der Waals surface area contributed by atoms with Gasteiger partial charge in [0.25, 0.3) is 0 Å². The monoisotopic (exact) mass is 367 g/mol. The zero-order valence-corrected chi connectivity index (χ0v) is 15.4. The molecule has 0 unspecified atom stereocenters. The van der Waals surface area contributed by atoms with Gasteiger partial charge in [-0.3, -0.25) is 0 Å². The molecule has 2 aromatic carbocycles. The SMILES string of the molecule is CCOC(=O)c1c[nH+]c2ccc(Oc3ccccc3)cc2c1NC[C@H](C)O. The molecule has 0 radical (unpaired) electrons. The number of para-hydroxylation sites is 1. The van der Waals surface area contributed by atoms with Crippen LogP contribution in [0.2, 0.25) is 0 Å². The minimum absolute atomic E-state index is 0.282. The lowest BCUT2D eigenvalue weighted by molar-refractivity contribution is -0.344. The number of esters is 1. The number of aliphatic hydroxyl groups excluding tert-OH is 1. The number of hydrogen-bond acceptors (Lipinski definition) is 5. The Morgan fingerprint density at radius 1 is 1.19 bits per heavy atom. The molecule has 3 N–H and O–H groups in total. The maximum atomic E-state index is 12.4. The summed E-state index contributed by atoms with van der Waals surface area (Å²) in [6.45, 7) is 4.02. The number of nitrogens with one attached hydrogen (secondary N) is 2. The standard InChI is InChI=1S/C21H22N2O4/c1-3-26-21(25)18-13-22-19-10-9-16(27-15-7-5-4-6-8-15)11-17(19)20(18)23-12-14(2)24/h4-11,13-14,24H,3,12H2,1-2H3,(H,22,23)/p+1/t14-/m0/s1. The van der Waals surface area contributed by atoms with Gasteiger partial charge in [0.05, 0.1) is 23.8 Å². The molecular weight excluding hydrogens is 344 g/mol. The Kier molecular flexibility index (Phi) is 5.88. The second kappa shape index (κ2) is 8.51. The Balaban J connectivity index is 2.05. The molecule has 3 rings (SSSR count). The highest BCUT2D eigenvalue weighted by Gasteiger charge is 2.21. The Morgan fingerprint density at radius 3 is 2.67 bits per heavy atom. The van der Waals surface area contributed by atoms with E-state index in [2.05, 4.69) is 10.3 Å². The fraction of sp³-hybridized carbons (Fsp3) is 0.238. The lowest BCUT2D eigenvalue weighted by Gasteiger charge is -2.14. The van der Waals surface area contributed by atoms with Crippen molar-refractivity contribution >= 4 is 22.6 Å². The van der Waals surface area contributed by atoms with E-state index >= 15 is 0 Å². The predicted octanol–water partition coefficient (Wildman–Crippen LogP) is 3.42. The molecule has 0 saturated heterocycles. The minimum Gasteiger partial charge on any atom is -0.462 e. The molecule has 1 atom stereocenters. The summed E-state index contributed by atoms with van der Waals surface area (Å²) in [6, 6.07) is 15.1. The number of rotatable bonds is 7. The van der Waals surface area contributed by atoms with E-state index in [0.717, 1.165) is 16.7 Å². The normalized spacial score (nSPS) is 11.8. The third kappa shape index (κ3) is 4.54. The molecule has 0 aliphatic carbocycles. The summed E-state index contributed by atoms with van der Waals surface area (Å²) in [7, 11) is 0. The van der Waals surface area contributed by atoms with Gasteiger partial charge >= 0.3 is 5.97 Å². The van der Waals surface area contributed by atoms with Gasteiger partial charge in [0.1, 0.15) is 17.1 Å². The van der Waals surface area contributed by atoms with E-state index < -0.39 is 12.1 Å². The lowest BCUT2D eigenvalue weighted by Crippen LogP contribution is -2.20. The molecule has 140 valence electrons. The Hall–Kier alpha value is -3.12. The first-order chi connectivity index (χ1) is 13.1. The van der Waals surface area contributed by atoms with Crippen molar-refractivity contribution in [1.82, 2.24) is 0 Å². The van der Waals surface area contributed by atoms with E-state index in [9.17, 15) is 9.90 Å². The molecule has 1 aromatic heterocycles. The zero-order chi connectivity index (χ0) is 19.2. The molecule has 0 bridgehead atoms. The number of carbonyl (C=O) groups excluding carboxylic acids is 1. The maximum Gasteiger partial charge on any atom is 0.346 e. The third-order valence-electron chi connectivity index (χ3n) is 3.95. The van der Waals surface area contributed by atoms with Gasteiger partial charge < -0.3 is 19.9 Å². The highest BCUT2D eigenvalue weighted by atomic mass is 16.5. The van der Waals surface area contributed by atoms with Gasteiger partial charge in [0.15, 0.2) is 6.20 Å². The number of benzene rings is 2. The van der Waals surface area contributed by atoms with Gasteiger partial charge in [0, 0.05) is 12.6 Å². The number of carbonyl (C=O) groups is 1. The average Bonchev–Trinajstić information content (AvgIpc) is 2.66. The van der Waals surface area contributed by atoms with Crippen LogP contribution in [0.15, 0.2) is 54.7 Å². The summed E-state index contributed by atoms with van der Waals surface area (Å²) < 4.78 is 11.1. The highest BCUT2D eigenvalue weighted by molar-refractivity contribution is 6.04. The third-order valence-corrected chi connectivity index (χ3v) is 3.95. The number of hydrogen-bond donors (Lipinski definition) is 2. The van der Waals surface area contributed by atoms with Crippen LogP contribution in [0.25, 0.3) is 10.9 Å². The van der Waals surface area contributed by atoms with Gasteiger partial charge in [-0.1, -0.05) is 18.2 Å². The molecular formula is C21H23N2O4+. The second-order valence-corrected chi connectivity index (χ2v) is 6.15. The van der Waals surface area contributed by atoms with Crippen molar-refractivity contribution in [3.05, 3.63) is 60.3 Å². The van der Waals surface area contributed by atoms with Crippen LogP contribution in [0.4, 0.5) is 5.69 Å². The quantitative estimate of drug-likeness (QED) is 0.626. The summed E-state index contributed by atoms with van der Waals surface area (Å²) >= 11 is 0. The van der Waals surface area contributed by atoms with Crippen LogP contribution in [0, 0.1) is 0 Å². The van der Waals surface area contributed by atoms with Crippen LogP contribution in [-0.4, -0.2) is 30.3 Å². The van der Waals surface area contributed by atoms with Crippen molar-refractivity contribution < 1.29 is 24.4 Å². The zero-order valence-electron chi connectivity index (χ0n) is 15.4. The fourth-order valence-electron chi connectivity index (χ4n) is 2.72. The van der Waals surface area contributed by atoms with E-state index in [1.165, 1.54) is 0 Å². The van der Waals surface area contributed by atoms with Gasteiger partial charge in [-0.2, -0.15) is 0 Å². The Morgan fingerprint density at radius 2 is 1.96 bits per heavy atom. The lowest BCUT2D eigenvalue weighted by atomic mass is 10.1. The van der Waals surface area contributed by atoms with Crippen LogP contribution < -0.4 is 15.0 Å². The highest BCUT2D eigenvalue weighted by Crippen LogP contribution is 2.30. The van der Waals surface area contributed by atoms with Gasteiger partial charge in [0.2, 0.25) is 5.52 Å². The molecule has 0 spiro atoms. The van der Waals surface area contributed by atoms with Crippen LogP contribution in [0.3, 0.4) is 0 Å². The summed E-state index contributed by atoms with van der Waals surface area (Å²) in [5, 5.41) is 13.6.